The second-order valence-corrected chi connectivity index (χ2v) is 6.31. The van der Waals surface area contributed by atoms with Crippen molar-refractivity contribution in [1.82, 2.24) is 5.32 Å². The third kappa shape index (κ3) is 4.57. The molecule has 1 heterocycles. The van der Waals surface area contributed by atoms with Crippen LogP contribution in [0.15, 0.2) is 24.3 Å². The lowest BCUT2D eigenvalue weighted by molar-refractivity contribution is -0.124. The van der Waals surface area contributed by atoms with Crippen LogP contribution in [-0.4, -0.2) is 60.3 Å². The van der Waals surface area contributed by atoms with Crippen LogP contribution in [0.1, 0.15) is 17.5 Å². The van der Waals surface area contributed by atoms with Gasteiger partial charge in [0.05, 0.1) is 30.3 Å². The Labute approximate surface area is 143 Å². The van der Waals surface area contributed by atoms with Gasteiger partial charge in [0.1, 0.15) is 7.28 Å². The minimum absolute atomic E-state index is 0.0738. The Morgan fingerprint density at radius 2 is 2.08 bits per heavy atom. The molecular weight excluding hydrogens is 307 g/mol. The zero-order valence-corrected chi connectivity index (χ0v) is 14.2. The highest BCUT2D eigenvalue weighted by atomic mass is 16.5. The highest BCUT2D eigenvalue weighted by Crippen LogP contribution is 2.23. The smallest absolute Gasteiger partial charge is 0.237 e. The van der Waals surface area contributed by atoms with Crippen molar-refractivity contribution in [2.75, 3.05) is 6.61 Å². The molecule has 0 aromatic heterocycles. The van der Waals surface area contributed by atoms with Crippen molar-refractivity contribution in [2.24, 2.45) is 5.73 Å². The fourth-order valence-corrected chi connectivity index (χ4v) is 2.96. The predicted molar refractivity (Wildman–Crippen MR) is 92.8 cm³/mol. The van der Waals surface area contributed by atoms with Crippen molar-refractivity contribution in [1.29, 1.82) is 0 Å². The second-order valence-electron chi connectivity index (χ2n) is 6.31. The van der Waals surface area contributed by atoms with E-state index in [9.17, 15) is 9.90 Å². The molecule has 131 valence electrons. The molecule has 1 saturated heterocycles. The molecule has 6 nitrogen and oxygen atoms in total. The summed E-state index contributed by atoms with van der Waals surface area (Å²) in [6.07, 6.45) is -0.507. The SMILES string of the molecule is C[B][C@@H]1O[C@H](CCO)[C@H](NC(=O)C(N)Cc2ccc(C)cc2)C1O. The van der Waals surface area contributed by atoms with Crippen molar-refractivity contribution < 1.29 is 19.7 Å². The lowest BCUT2D eigenvalue weighted by Gasteiger charge is -2.23. The number of aryl methyl sites for hydroxylation is 1. The molecule has 0 saturated carbocycles. The first-order valence-corrected chi connectivity index (χ1v) is 8.31. The van der Waals surface area contributed by atoms with Crippen molar-refractivity contribution in [2.45, 2.75) is 56.9 Å². The zero-order valence-electron chi connectivity index (χ0n) is 14.2. The minimum Gasteiger partial charge on any atom is -0.396 e. The molecule has 1 fully saturated rings. The molecule has 0 aliphatic carbocycles. The van der Waals surface area contributed by atoms with Crippen molar-refractivity contribution in [3.8, 4) is 0 Å². The molecule has 0 bridgehead atoms. The van der Waals surface area contributed by atoms with Crippen molar-refractivity contribution in [3.05, 3.63) is 35.4 Å². The molecule has 7 heteroatoms. The maximum atomic E-state index is 12.4. The van der Waals surface area contributed by atoms with E-state index in [0.29, 0.717) is 12.8 Å². The average Bonchev–Trinajstić information content (AvgIpc) is 2.86. The maximum Gasteiger partial charge on any atom is 0.237 e. The number of carbonyl (C=O) groups excluding carboxylic acids is 1. The molecule has 5 N–H and O–H groups in total. The van der Waals surface area contributed by atoms with E-state index < -0.39 is 30.3 Å². The largest absolute Gasteiger partial charge is 0.396 e. The topological polar surface area (TPSA) is 105 Å². The van der Waals surface area contributed by atoms with Crippen LogP contribution in [0.5, 0.6) is 0 Å². The van der Waals surface area contributed by atoms with Gasteiger partial charge in [-0.25, -0.2) is 0 Å². The van der Waals surface area contributed by atoms with Crippen LogP contribution >= 0.6 is 0 Å². The standard InChI is InChI=1S/C17H26BN2O4/c1-10-3-5-11(6-4-10)9-12(19)17(23)20-14-13(7-8-21)24-16(18-2)15(14)22/h3-6,12-16,21-22H,7-9,19H2,1-2H3,(H,20,23)/t12?,13-,14+,15?,16-/m1/s1. The Hall–Kier alpha value is -1.41. The quantitative estimate of drug-likeness (QED) is 0.507. The minimum atomic E-state index is -0.845. The predicted octanol–water partition coefficient (Wildman–Crippen LogP) is -0.430. The van der Waals surface area contributed by atoms with Crippen LogP contribution in [0, 0.1) is 6.92 Å². The van der Waals surface area contributed by atoms with E-state index in [0.717, 1.165) is 11.1 Å². The normalized spacial score (nSPS) is 27.7. The van der Waals surface area contributed by atoms with E-state index in [2.05, 4.69) is 5.32 Å². The number of amides is 1. The Morgan fingerprint density at radius 3 is 2.67 bits per heavy atom. The zero-order chi connectivity index (χ0) is 17.7. The molecule has 1 radical (unpaired) electrons. The molecule has 24 heavy (non-hydrogen) atoms. The van der Waals surface area contributed by atoms with Gasteiger partial charge in [0.15, 0.2) is 0 Å². The van der Waals surface area contributed by atoms with Crippen LogP contribution in [0.2, 0.25) is 6.82 Å². The lowest BCUT2D eigenvalue weighted by atomic mass is 9.71. The van der Waals surface area contributed by atoms with Crippen molar-refractivity contribution >= 4 is 13.2 Å². The van der Waals surface area contributed by atoms with Crippen molar-refractivity contribution in [3.63, 3.8) is 0 Å². The summed E-state index contributed by atoms with van der Waals surface area (Å²) >= 11 is 0. The van der Waals surface area contributed by atoms with Crippen LogP contribution in [0.4, 0.5) is 0 Å². The fraction of sp³-hybridized carbons (Fsp3) is 0.588. The van der Waals surface area contributed by atoms with Gasteiger partial charge in [0.25, 0.3) is 0 Å². The number of hydrogen-bond acceptors (Lipinski definition) is 5. The van der Waals surface area contributed by atoms with Gasteiger partial charge in [-0.05, 0) is 25.3 Å². The van der Waals surface area contributed by atoms with E-state index in [1.807, 2.05) is 31.2 Å². The second kappa shape index (κ2) is 8.62. The summed E-state index contributed by atoms with van der Waals surface area (Å²) in [6, 6.07) is 6.12. The fourth-order valence-electron chi connectivity index (χ4n) is 2.96. The first-order valence-electron chi connectivity index (χ1n) is 8.31. The Morgan fingerprint density at radius 1 is 1.42 bits per heavy atom. The summed E-state index contributed by atoms with van der Waals surface area (Å²) in [7, 11) is 1.74. The molecule has 2 unspecified atom stereocenters. The molecule has 1 aromatic rings. The Balaban J connectivity index is 1.97. The number of benzene rings is 1. The monoisotopic (exact) mass is 333 g/mol. The molecule has 1 aliphatic rings. The van der Waals surface area contributed by atoms with Crippen LogP contribution in [0.3, 0.4) is 0 Å². The molecule has 1 aliphatic heterocycles. The molecule has 1 amide bonds. The number of carbonyl (C=O) groups is 1. The number of hydrogen-bond donors (Lipinski definition) is 4. The highest BCUT2D eigenvalue weighted by molar-refractivity contribution is 6.35. The number of ether oxygens (including phenoxy) is 1. The molecule has 2 rings (SSSR count). The van der Waals surface area contributed by atoms with Crippen LogP contribution in [-0.2, 0) is 16.0 Å². The lowest BCUT2D eigenvalue weighted by Crippen LogP contribution is -2.53. The third-order valence-corrected chi connectivity index (χ3v) is 4.40. The van der Waals surface area contributed by atoms with Gasteiger partial charge < -0.3 is 26.0 Å². The first-order chi connectivity index (χ1) is 11.5. The number of rotatable bonds is 7. The first kappa shape index (κ1) is 18.9. The molecule has 1 aromatic carbocycles. The summed E-state index contributed by atoms with van der Waals surface area (Å²) in [4.78, 5) is 12.4. The molecule has 5 atom stereocenters. The van der Waals surface area contributed by atoms with E-state index in [-0.39, 0.29) is 12.5 Å². The van der Waals surface area contributed by atoms with Crippen LogP contribution < -0.4 is 11.1 Å². The number of aliphatic hydroxyl groups is 2. The van der Waals surface area contributed by atoms with Gasteiger partial charge in [0.2, 0.25) is 5.91 Å². The summed E-state index contributed by atoms with van der Waals surface area (Å²) in [5.74, 6) is -0.331. The van der Waals surface area contributed by atoms with E-state index in [1.54, 1.807) is 14.1 Å². The summed E-state index contributed by atoms with van der Waals surface area (Å²) in [5, 5.41) is 22.2. The van der Waals surface area contributed by atoms with E-state index in [1.165, 1.54) is 0 Å². The van der Waals surface area contributed by atoms with Crippen LogP contribution in [0.25, 0.3) is 0 Å². The Kier molecular flexibility index (Phi) is 6.80. The summed E-state index contributed by atoms with van der Waals surface area (Å²) < 4.78 is 5.67. The van der Waals surface area contributed by atoms with Gasteiger partial charge in [-0.15, -0.1) is 0 Å². The molecule has 0 spiro atoms. The van der Waals surface area contributed by atoms with Gasteiger partial charge in [-0.2, -0.15) is 0 Å². The summed E-state index contributed by atoms with van der Waals surface area (Å²) in [5.41, 5.74) is 8.14. The van der Waals surface area contributed by atoms with E-state index in [4.69, 9.17) is 15.6 Å². The third-order valence-electron chi connectivity index (χ3n) is 4.40. The number of nitrogens with two attached hydrogens (primary N) is 1. The highest BCUT2D eigenvalue weighted by Gasteiger charge is 2.43. The van der Waals surface area contributed by atoms with E-state index >= 15 is 0 Å². The Bertz CT molecular complexity index is 540. The van der Waals surface area contributed by atoms with Gasteiger partial charge in [-0.3, -0.25) is 4.79 Å². The number of nitrogens with one attached hydrogen (secondary N) is 1. The van der Waals surface area contributed by atoms with Gasteiger partial charge >= 0.3 is 0 Å². The summed E-state index contributed by atoms with van der Waals surface area (Å²) in [6.45, 7) is 3.72. The molecular formula is C17H26BN2O4. The average molecular weight is 333 g/mol. The number of aliphatic hydroxyl groups excluding tert-OH is 2. The van der Waals surface area contributed by atoms with Gasteiger partial charge in [0, 0.05) is 6.61 Å². The maximum absolute atomic E-state index is 12.4. The van der Waals surface area contributed by atoms with Gasteiger partial charge in [-0.1, -0.05) is 36.7 Å².